The van der Waals surface area contributed by atoms with Gasteiger partial charge >= 0.3 is 5.97 Å². The maximum absolute atomic E-state index is 13.5. The van der Waals surface area contributed by atoms with E-state index in [1.807, 2.05) is 6.92 Å². The van der Waals surface area contributed by atoms with Gasteiger partial charge < -0.3 is 14.7 Å². The second-order valence-electron chi connectivity index (χ2n) is 3.97. The zero-order valence-corrected chi connectivity index (χ0v) is 10.9. The van der Waals surface area contributed by atoms with Gasteiger partial charge in [-0.2, -0.15) is 0 Å². The van der Waals surface area contributed by atoms with Crippen molar-refractivity contribution in [3.63, 3.8) is 0 Å². The minimum atomic E-state index is -1.10. The molecule has 5 nitrogen and oxygen atoms in total. The summed E-state index contributed by atoms with van der Waals surface area (Å²) in [5, 5.41) is 8.76. The molecular weight excluding hydrogens is 253 g/mol. The Kier molecular flexibility index (Phi) is 5.29. The van der Waals surface area contributed by atoms with Crippen molar-refractivity contribution in [2.45, 2.75) is 13.3 Å². The lowest BCUT2D eigenvalue weighted by Gasteiger charge is -2.20. The normalized spacial score (nSPS) is 10.1. The van der Waals surface area contributed by atoms with Gasteiger partial charge in [-0.05, 0) is 24.6 Å². The third kappa shape index (κ3) is 3.94. The Morgan fingerprint density at radius 1 is 1.42 bits per heavy atom. The molecule has 0 saturated heterocycles. The van der Waals surface area contributed by atoms with E-state index in [4.69, 9.17) is 9.84 Å². The first kappa shape index (κ1) is 14.9. The predicted octanol–water partition coefficient (Wildman–Crippen LogP) is 1.77. The van der Waals surface area contributed by atoms with Gasteiger partial charge in [-0.25, -0.2) is 4.39 Å². The second kappa shape index (κ2) is 6.72. The van der Waals surface area contributed by atoms with E-state index in [1.54, 1.807) is 0 Å². The van der Waals surface area contributed by atoms with Crippen LogP contribution in [-0.4, -0.2) is 42.1 Å². The summed E-state index contributed by atoms with van der Waals surface area (Å²) in [4.78, 5) is 23.9. The van der Waals surface area contributed by atoms with E-state index in [0.717, 1.165) is 6.07 Å². The Morgan fingerprint density at radius 2 is 2.11 bits per heavy atom. The molecule has 1 aromatic rings. The van der Waals surface area contributed by atoms with Crippen molar-refractivity contribution in [1.82, 2.24) is 4.90 Å². The van der Waals surface area contributed by atoms with E-state index in [-0.39, 0.29) is 11.3 Å². The molecule has 0 atom stereocenters. The quantitative estimate of drug-likeness (QED) is 0.854. The van der Waals surface area contributed by atoms with E-state index in [0.29, 0.717) is 13.0 Å². The highest BCUT2D eigenvalue weighted by Gasteiger charge is 2.19. The molecule has 6 heteroatoms. The smallest absolute Gasteiger partial charge is 0.323 e. The number of rotatable bonds is 6. The van der Waals surface area contributed by atoms with Gasteiger partial charge in [-0.1, -0.05) is 6.92 Å². The second-order valence-corrected chi connectivity index (χ2v) is 3.97. The highest BCUT2D eigenvalue weighted by Crippen LogP contribution is 2.18. The summed E-state index contributed by atoms with van der Waals surface area (Å²) in [7, 11) is 1.33. The minimum Gasteiger partial charge on any atom is -0.494 e. The molecule has 0 aromatic heterocycles. The summed E-state index contributed by atoms with van der Waals surface area (Å²) < 4.78 is 18.3. The third-order valence-electron chi connectivity index (χ3n) is 2.51. The van der Waals surface area contributed by atoms with Crippen LogP contribution in [0.3, 0.4) is 0 Å². The first-order valence-corrected chi connectivity index (χ1v) is 5.84. The highest BCUT2D eigenvalue weighted by molar-refractivity contribution is 5.96. The lowest BCUT2D eigenvalue weighted by molar-refractivity contribution is -0.137. The molecule has 0 aliphatic heterocycles. The monoisotopic (exact) mass is 269 g/mol. The van der Waals surface area contributed by atoms with Gasteiger partial charge in [0.15, 0.2) is 11.6 Å². The number of halogens is 1. The van der Waals surface area contributed by atoms with Gasteiger partial charge in [0, 0.05) is 12.1 Å². The van der Waals surface area contributed by atoms with Crippen molar-refractivity contribution >= 4 is 11.9 Å². The van der Waals surface area contributed by atoms with Gasteiger partial charge in [-0.3, -0.25) is 9.59 Å². The molecule has 0 bridgehead atoms. The lowest BCUT2D eigenvalue weighted by Crippen LogP contribution is -2.36. The number of benzene rings is 1. The van der Waals surface area contributed by atoms with Crippen LogP contribution in [0.5, 0.6) is 5.75 Å². The number of amides is 1. The average Bonchev–Trinajstić information content (AvgIpc) is 2.36. The van der Waals surface area contributed by atoms with Crippen molar-refractivity contribution in [3.8, 4) is 5.75 Å². The number of carboxylic acid groups (broad SMARTS) is 1. The molecule has 0 radical (unpaired) electrons. The van der Waals surface area contributed by atoms with Crippen LogP contribution in [0.1, 0.15) is 23.7 Å². The van der Waals surface area contributed by atoms with Crippen LogP contribution in [0, 0.1) is 5.82 Å². The zero-order chi connectivity index (χ0) is 14.4. The maximum atomic E-state index is 13.5. The van der Waals surface area contributed by atoms with Gasteiger partial charge in [0.2, 0.25) is 0 Å². The van der Waals surface area contributed by atoms with Crippen LogP contribution in [-0.2, 0) is 4.79 Å². The number of hydrogen-bond donors (Lipinski definition) is 1. The number of ether oxygens (including phenoxy) is 1. The molecule has 0 aliphatic rings. The van der Waals surface area contributed by atoms with Crippen molar-refractivity contribution < 1.29 is 23.8 Å². The van der Waals surface area contributed by atoms with Crippen LogP contribution in [0.15, 0.2) is 18.2 Å². The standard InChI is InChI=1S/C13H16FNO4/c1-3-6-15(8-12(16)17)13(18)9-4-5-11(19-2)10(14)7-9/h4-5,7H,3,6,8H2,1-2H3,(H,16,17). The summed E-state index contributed by atoms with van der Waals surface area (Å²) in [6.45, 7) is 1.73. The van der Waals surface area contributed by atoms with E-state index in [2.05, 4.69) is 0 Å². The lowest BCUT2D eigenvalue weighted by atomic mass is 10.1. The van der Waals surface area contributed by atoms with E-state index in [9.17, 15) is 14.0 Å². The summed E-state index contributed by atoms with van der Waals surface area (Å²) in [5.41, 5.74) is 0.105. The SMILES string of the molecule is CCCN(CC(=O)O)C(=O)c1ccc(OC)c(F)c1. The molecule has 0 spiro atoms. The van der Waals surface area contributed by atoms with Crippen molar-refractivity contribution in [2.24, 2.45) is 0 Å². The predicted molar refractivity (Wildman–Crippen MR) is 66.8 cm³/mol. The Morgan fingerprint density at radius 3 is 2.58 bits per heavy atom. The minimum absolute atomic E-state index is 0.0387. The summed E-state index contributed by atoms with van der Waals surface area (Å²) >= 11 is 0. The fraction of sp³-hybridized carbons (Fsp3) is 0.385. The molecule has 1 amide bonds. The summed E-state index contributed by atoms with van der Waals surface area (Å²) in [6.07, 6.45) is 0.623. The number of carbonyl (C=O) groups is 2. The number of hydrogen-bond acceptors (Lipinski definition) is 3. The van der Waals surface area contributed by atoms with Gasteiger partial charge in [0.05, 0.1) is 7.11 Å². The van der Waals surface area contributed by atoms with E-state index >= 15 is 0 Å². The van der Waals surface area contributed by atoms with Crippen LogP contribution in [0.25, 0.3) is 0 Å². The van der Waals surface area contributed by atoms with Crippen LogP contribution in [0.4, 0.5) is 4.39 Å². The van der Waals surface area contributed by atoms with Crippen molar-refractivity contribution in [3.05, 3.63) is 29.6 Å². The Bertz CT molecular complexity index is 476. The third-order valence-corrected chi connectivity index (χ3v) is 2.51. The van der Waals surface area contributed by atoms with Gasteiger partial charge in [-0.15, -0.1) is 0 Å². The van der Waals surface area contributed by atoms with Crippen molar-refractivity contribution in [2.75, 3.05) is 20.2 Å². The topological polar surface area (TPSA) is 66.8 Å². The summed E-state index contributed by atoms with van der Waals surface area (Å²) in [5.74, 6) is -2.22. The number of carboxylic acids is 1. The van der Waals surface area contributed by atoms with E-state index < -0.39 is 24.2 Å². The molecule has 0 unspecified atom stereocenters. The molecule has 1 N–H and O–H groups in total. The molecule has 19 heavy (non-hydrogen) atoms. The van der Waals surface area contributed by atoms with E-state index in [1.165, 1.54) is 24.1 Å². The molecule has 1 aromatic carbocycles. The number of carbonyl (C=O) groups excluding carboxylic acids is 1. The fourth-order valence-corrected chi connectivity index (χ4v) is 1.67. The number of nitrogens with zero attached hydrogens (tertiary/aromatic N) is 1. The Labute approximate surface area is 110 Å². The first-order valence-electron chi connectivity index (χ1n) is 5.84. The average molecular weight is 269 g/mol. The molecule has 104 valence electrons. The molecule has 0 heterocycles. The highest BCUT2D eigenvalue weighted by atomic mass is 19.1. The summed E-state index contributed by atoms with van der Waals surface area (Å²) in [6, 6.07) is 3.80. The maximum Gasteiger partial charge on any atom is 0.323 e. The van der Waals surface area contributed by atoms with Crippen LogP contribution < -0.4 is 4.74 Å². The largest absolute Gasteiger partial charge is 0.494 e. The molecule has 0 saturated carbocycles. The fourth-order valence-electron chi connectivity index (χ4n) is 1.67. The molecule has 0 aliphatic carbocycles. The molecule has 1 rings (SSSR count). The zero-order valence-electron chi connectivity index (χ0n) is 10.9. The van der Waals surface area contributed by atoms with Gasteiger partial charge in [0.25, 0.3) is 5.91 Å². The number of aliphatic carboxylic acids is 1. The van der Waals surface area contributed by atoms with Crippen molar-refractivity contribution in [1.29, 1.82) is 0 Å². The molecule has 0 fully saturated rings. The Balaban J connectivity index is 2.95. The molecular formula is C13H16FNO4. The number of methoxy groups -OCH3 is 1. The Hall–Kier alpha value is -2.11. The van der Waals surface area contributed by atoms with Crippen LogP contribution >= 0.6 is 0 Å². The van der Waals surface area contributed by atoms with Crippen LogP contribution in [0.2, 0.25) is 0 Å². The van der Waals surface area contributed by atoms with Gasteiger partial charge in [0.1, 0.15) is 6.54 Å². The first-order chi connectivity index (χ1) is 8.99.